The van der Waals surface area contributed by atoms with Gasteiger partial charge in [0, 0.05) is 20.1 Å². The lowest BCUT2D eigenvalue weighted by Crippen LogP contribution is -2.33. The molecule has 1 saturated heterocycles. The van der Waals surface area contributed by atoms with Crippen molar-refractivity contribution in [2.75, 3.05) is 18.8 Å². The molecular weight excluding hydrogens is 286 g/mol. The third-order valence-electron chi connectivity index (χ3n) is 3.78. The molecule has 6 nitrogen and oxygen atoms in total. The molecule has 7 heteroatoms. The Labute approximate surface area is 127 Å². The van der Waals surface area contributed by atoms with E-state index in [4.69, 9.17) is 0 Å². The average Bonchev–Trinajstić information content (AvgIpc) is 2.73. The van der Waals surface area contributed by atoms with Crippen molar-refractivity contribution in [2.45, 2.75) is 30.7 Å². The summed E-state index contributed by atoms with van der Waals surface area (Å²) in [4.78, 5) is 22.8. The van der Waals surface area contributed by atoms with Crippen molar-refractivity contribution in [1.29, 1.82) is 0 Å². The first-order valence-electron chi connectivity index (χ1n) is 7.29. The second-order valence-electron chi connectivity index (χ2n) is 5.27. The summed E-state index contributed by atoms with van der Waals surface area (Å²) >= 11 is 1.48. The van der Waals surface area contributed by atoms with Crippen LogP contribution in [0.2, 0.25) is 0 Å². The van der Waals surface area contributed by atoms with Gasteiger partial charge in [0.05, 0.1) is 17.3 Å². The van der Waals surface area contributed by atoms with E-state index < -0.39 is 0 Å². The zero-order valence-electron chi connectivity index (χ0n) is 12.2. The van der Waals surface area contributed by atoms with E-state index in [0.29, 0.717) is 5.75 Å². The van der Waals surface area contributed by atoms with E-state index in [-0.39, 0.29) is 5.91 Å². The molecule has 3 rings (SSSR count). The fourth-order valence-electron chi connectivity index (χ4n) is 2.60. The maximum Gasteiger partial charge on any atom is 0.232 e. The predicted molar refractivity (Wildman–Crippen MR) is 82.1 cm³/mol. The van der Waals surface area contributed by atoms with Crippen molar-refractivity contribution in [2.24, 2.45) is 7.05 Å². The van der Waals surface area contributed by atoms with Crippen molar-refractivity contribution in [3.63, 3.8) is 0 Å². The lowest BCUT2D eigenvalue weighted by molar-refractivity contribution is -0.128. The van der Waals surface area contributed by atoms with Gasteiger partial charge in [-0.05, 0) is 12.8 Å². The van der Waals surface area contributed by atoms with Gasteiger partial charge >= 0.3 is 0 Å². The van der Waals surface area contributed by atoms with E-state index in [9.17, 15) is 4.79 Å². The van der Waals surface area contributed by atoms with Crippen molar-refractivity contribution in [3.8, 4) is 0 Å². The molecule has 112 valence electrons. The molecule has 0 N–H and O–H groups in total. The van der Waals surface area contributed by atoms with Gasteiger partial charge in [0.15, 0.2) is 5.65 Å². The second-order valence-corrected chi connectivity index (χ2v) is 6.23. The van der Waals surface area contributed by atoms with Crippen LogP contribution < -0.4 is 0 Å². The van der Waals surface area contributed by atoms with Gasteiger partial charge in [-0.25, -0.2) is 9.97 Å². The van der Waals surface area contributed by atoms with Crippen molar-refractivity contribution >= 4 is 28.7 Å². The number of carbonyl (C=O) groups is 1. The number of hydrogen-bond donors (Lipinski definition) is 0. The highest BCUT2D eigenvalue weighted by Crippen LogP contribution is 2.24. The second kappa shape index (κ2) is 6.43. The predicted octanol–water partition coefficient (Wildman–Crippen LogP) is 1.86. The average molecular weight is 305 g/mol. The van der Waals surface area contributed by atoms with Gasteiger partial charge in [0.2, 0.25) is 5.91 Å². The Morgan fingerprint density at radius 2 is 2.00 bits per heavy atom. The van der Waals surface area contributed by atoms with Crippen LogP contribution in [0.5, 0.6) is 0 Å². The normalized spacial score (nSPS) is 16.1. The molecule has 0 spiro atoms. The van der Waals surface area contributed by atoms with Crippen LogP contribution in [-0.2, 0) is 11.8 Å². The van der Waals surface area contributed by atoms with Crippen LogP contribution in [0.25, 0.3) is 11.0 Å². The Hall–Kier alpha value is -1.63. The van der Waals surface area contributed by atoms with Crippen LogP contribution in [0.15, 0.2) is 17.6 Å². The number of rotatable bonds is 3. The molecule has 1 fully saturated rings. The quantitative estimate of drug-likeness (QED) is 0.640. The topological polar surface area (TPSA) is 63.9 Å². The van der Waals surface area contributed by atoms with Crippen molar-refractivity contribution < 1.29 is 4.79 Å². The van der Waals surface area contributed by atoms with Crippen molar-refractivity contribution in [3.05, 3.63) is 12.5 Å². The number of hydrogen-bond acceptors (Lipinski definition) is 5. The molecule has 0 unspecified atom stereocenters. The van der Waals surface area contributed by atoms with Gasteiger partial charge in [0.1, 0.15) is 11.4 Å². The molecule has 0 aliphatic carbocycles. The highest BCUT2D eigenvalue weighted by atomic mass is 32.2. The molecule has 0 aromatic carbocycles. The molecule has 1 aliphatic heterocycles. The largest absolute Gasteiger partial charge is 0.342 e. The molecule has 2 aromatic rings. The number of carbonyl (C=O) groups excluding carboxylic acids is 1. The first-order valence-corrected chi connectivity index (χ1v) is 8.27. The van der Waals surface area contributed by atoms with Crippen LogP contribution in [0.1, 0.15) is 25.7 Å². The summed E-state index contributed by atoms with van der Waals surface area (Å²) in [6.07, 6.45) is 8.00. The molecular formula is C14H19N5OS. The fraction of sp³-hybridized carbons (Fsp3) is 0.571. The van der Waals surface area contributed by atoms with E-state index in [2.05, 4.69) is 15.1 Å². The fourth-order valence-corrected chi connectivity index (χ4v) is 3.46. The number of aromatic nitrogens is 4. The third kappa shape index (κ3) is 3.18. The summed E-state index contributed by atoms with van der Waals surface area (Å²) in [5.74, 6) is 0.638. The minimum absolute atomic E-state index is 0.206. The van der Waals surface area contributed by atoms with E-state index in [1.807, 2.05) is 11.9 Å². The molecule has 1 aliphatic rings. The third-order valence-corrected chi connectivity index (χ3v) is 4.77. The minimum Gasteiger partial charge on any atom is -0.342 e. The first kappa shape index (κ1) is 14.3. The molecule has 3 heterocycles. The summed E-state index contributed by atoms with van der Waals surface area (Å²) in [6.45, 7) is 1.79. The van der Waals surface area contributed by atoms with Crippen LogP contribution in [-0.4, -0.2) is 49.4 Å². The van der Waals surface area contributed by atoms with E-state index in [0.717, 1.165) is 42.0 Å². The van der Waals surface area contributed by atoms with E-state index >= 15 is 0 Å². The van der Waals surface area contributed by atoms with Gasteiger partial charge in [-0.2, -0.15) is 5.10 Å². The van der Waals surface area contributed by atoms with Gasteiger partial charge in [-0.3, -0.25) is 9.48 Å². The Kier molecular flexibility index (Phi) is 4.38. The van der Waals surface area contributed by atoms with Gasteiger partial charge in [-0.15, -0.1) is 0 Å². The van der Waals surface area contributed by atoms with Gasteiger partial charge in [0.25, 0.3) is 0 Å². The highest BCUT2D eigenvalue weighted by molar-refractivity contribution is 8.00. The maximum absolute atomic E-state index is 12.3. The number of aryl methyl sites for hydroxylation is 1. The number of nitrogens with zero attached hydrogens (tertiary/aromatic N) is 5. The molecule has 1 amide bonds. The zero-order valence-corrected chi connectivity index (χ0v) is 13.0. The Bertz CT molecular complexity index is 633. The molecule has 0 radical (unpaired) electrons. The highest BCUT2D eigenvalue weighted by Gasteiger charge is 2.17. The summed E-state index contributed by atoms with van der Waals surface area (Å²) in [5, 5.41) is 5.93. The smallest absolute Gasteiger partial charge is 0.232 e. The minimum atomic E-state index is 0.206. The molecule has 0 atom stereocenters. The lowest BCUT2D eigenvalue weighted by Gasteiger charge is -2.19. The monoisotopic (exact) mass is 305 g/mol. The van der Waals surface area contributed by atoms with E-state index in [1.165, 1.54) is 30.9 Å². The lowest BCUT2D eigenvalue weighted by atomic mass is 10.2. The number of amides is 1. The Morgan fingerprint density at radius 1 is 1.24 bits per heavy atom. The van der Waals surface area contributed by atoms with Crippen molar-refractivity contribution in [1.82, 2.24) is 24.6 Å². The van der Waals surface area contributed by atoms with Crippen LogP contribution in [0.3, 0.4) is 0 Å². The van der Waals surface area contributed by atoms with Crippen LogP contribution >= 0.6 is 11.8 Å². The maximum atomic E-state index is 12.3. The summed E-state index contributed by atoms with van der Waals surface area (Å²) in [5.41, 5.74) is 0.801. The number of thioether (sulfide) groups is 1. The van der Waals surface area contributed by atoms with E-state index in [1.54, 1.807) is 10.9 Å². The Morgan fingerprint density at radius 3 is 2.76 bits per heavy atom. The van der Waals surface area contributed by atoms with Gasteiger partial charge in [-0.1, -0.05) is 24.6 Å². The van der Waals surface area contributed by atoms with Crippen LogP contribution in [0.4, 0.5) is 0 Å². The number of likely N-dealkylation sites (tertiary alicyclic amines) is 1. The summed E-state index contributed by atoms with van der Waals surface area (Å²) < 4.78 is 1.72. The summed E-state index contributed by atoms with van der Waals surface area (Å²) in [6, 6.07) is 0. The molecule has 2 aromatic heterocycles. The molecule has 21 heavy (non-hydrogen) atoms. The zero-order chi connectivity index (χ0) is 14.7. The van der Waals surface area contributed by atoms with Gasteiger partial charge < -0.3 is 4.90 Å². The first-order chi connectivity index (χ1) is 10.3. The molecule has 0 bridgehead atoms. The Balaban J connectivity index is 1.67. The van der Waals surface area contributed by atoms with Crippen LogP contribution in [0, 0.1) is 0 Å². The standard InChI is InChI=1S/C14H19N5OS/c1-18-13-11(8-17-18)14(16-10-15-13)21-9-12(20)19-6-4-2-3-5-7-19/h8,10H,2-7,9H2,1H3. The summed E-state index contributed by atoms with van der Waals surface area (Å²) in [7, 11) is 1.85. The molecule has 0 saturated carbocycles. The number of fused-ring (bicyclic) bond motifs is 1. The SMILES string of the molecule is Cn1ncc2c(SCC(=O)N3CCCCCC3)ncnc21.